The van der Waals surface area contributed by atoms with Crippen molar-refractivity contribution in [2.75, 3.05) is 0 Å². The smallest absolute Gasteiger partial charge is 0.159 e. The van der Waals surface area contributed by atoms with Gasteiger partial charge in [0.25, 0.3) is 0 Å². The first-order valence-corrected chi connectivity index (χ1v) is 9.14. The Morgan fingerprint density at radius 1 is 1.08 bits per heavy atom. The van der Waals surface area contributed by atoms with Gasteiger partial charge in [0.15, 0.2) is 17.4 Å². The lowest BCUT2D eigenvalue weighted by atomic mass is 9.73. The Balaban J connectivity index is 1.80. The SMILES string of the molecule is CCc1ccc(-c2ncc(Cl)cn2)cc1C1C(=O)C2CCC(C2)C1=O. The van der Waals surface area contributed by atoms with Crippen LogP contribution in [0.5, 0.6) is 0 Å². The number of rotatable bonds is 3. The fourth-order valence-corrected chi connectivity index (χ4v) is 4.30. The van der Waals surface area contributed by atoms with Crippen molar-refractivity contribution in [1.82, 2.24) is 9.97 Å². The third-order valence-electron chi connectivity index (χ3n) is 5.52. The summed E-state index contributed by atoms with van der Waals surface area (Å²) in [6.45, 7) is 2.05. The highest BCUT2D eigenvalue weighted by Gasteiger charge is 2.47. The number of Topliss-reactive ketones (excluding diaryl/α,β-unsaturated/α-hetero) is 2. The average Bonchev–Trinajstić information content (AvgIpc) is 3.08. The van der Waals surface area contributed by atoms with E-state index >= 15 is 0 Å². The van der Waals surface area contributed by atoms with Crippen molar-refractivity contribution in [3.05, 3.63) is 46.7 Å². The molecule has 1 aromatic heterocycles. The highest BCUT2D eigenvalue weighted by Crippen LogP contribution is 2.45. The molecule has 0 saturated heterocycles. The molecule has 2 aromatic rings. The van der Waals surface area contributed by atoms with E-state index < -0.39 is 5.92 Å². The van der Waals surface area contributed by atoms with Crippen LogP contribution in [0.1, 0.15) is 43.2 Å². The van der Waals surface area contributed by atoms with Gasteiger partial charge in [-0.15, -0.1) is 0 Å². The normalized spacial score (nSPS) is 25.4. The third-order valence-corrected chi connectivity index (χ3v) is 5.72. The summed E-state index contributed by atoms with van der Waals surface area (Å²) in [4.78, 5) is 34.3. The molecular formula is C20H19ClN2O2. The van der Waals surface area contributed by atoms with Crippen LogP contribution in [0.2, 0.25) is 5.02 Å². The Kier molecular flexibility index (Phi) is 4.16. The fourth-order valence-electron chi connectivity index (χ4n) is 4.20. The minimum Gasteiger partial charge on any atom is -0.298 e. The Labute approximate surface area is 151 Å². The van der Waals surface area contributed by atoms with E-state index in [1.807, 2.05) is 25.1 Å². The molecule has 0 radical (unpaired) electrons. The van der Waals surface area contributed by atoms with Crippen LogP contribution < -0.4 is 0 Å². The van der Waals surface area contributed by atoms with Gasteiger partial charge in [-0.2, -0.15) is 0 Å². The quantitative estimate of drug-likeness (QED) is 0.781. The number of halogens is 1. The van der Waals surface area contributed by atoms with E-state index in [2.05, 4.69) is 9.97 Å². The number of benzene rings is 1. The van der Waals surface area contributed by atoms with Crippen LogP contribution in [0.25, 0.3) is 11.4 Å². The van der Waals surface area contributed by atoms with Gasteiger partial charge in [-0.1, -0.05) is 30.7 Å². The average molecular weight is 355 g/mol. The van der Waals surface area contributed by atoms with E-state index in [1.165, 1.54) is 0 Å². The molecule has 2 aliphatic carbocycles. The molecular weight excluding hydrogens is 336 g/mol. The maximum absolute atomic E-state index is 12.9. The first kappa shape index (κ1) is 16.4. The molecule has 25 heavy (non-hydrogen) atoms. The van der Waals surface area contributed by atoms with Crippen LogP contribution in [0, 0.1) is 11.8 Å². The lowest BCUT2D eigenvalue weighted by molar-refractivity contribution is -0.135. The van der Waals surface area contributed by atoms with Crippen LogP contribution in [0.4, 0.5) is 0 Å². The highest BCUT2D eigenvalue weighted by atomic mass is 35.5. The summed E-state index contributed by atoms with van der Waals surface area (Å²) in [5.74, 6) is 0.228. The summed E-state index contributed by atoms with van der Waals surface area (Å²) in [6, 6.07) is 5.85. The van der Waals surface area contributed by atoms with Crippen molar-refractivity contribution in [2.45, 2.75) is 38.5 Å². The molecule has 2 unspecified atom stereocenters. The predicted octanol–water partition coefficient (Wildman–Crippen LogP) is 4.01. The van der Waals surface area contributed by atoms with E-state index in [4.69, 9.17) is 11.6 Å². The maximum atomic E-state index is 12.9. The Bertz CT molecular complexity index is 825. The first-order chi connectivity index (χ1) is 12.1. The molecule has 0 aliphatic heterocycles. The van der Waals surface area contributed by atoms with Crippen molar-refractivity contribution in [2.24, 2.45) is 11.8 Å². The highest BCUT2D eigenvalue weighted by molar-refractivity contribution is 6.30. The van der Waals surface area contributed by atoms with Gasteiger partial charge in [0, 0.05) is 29.8 Å². The second-order valence-electron chi connectivity index (χ2n) is 6.94. The van der Waals surface area contributed by atoms with Gasteiger partial charge in [0.05, 0.1) is 5.02 Å². The molecule has 128 valence electrons. The van der Waals surface area contributed by atoms with E-state index in [0.29, 0.717) is 10.8 Å². The molecule has 1 heterocycles. The van der Waals surface area contributed by atoms with Crippen LogP contribution in [-0.4, -0.2) is 21.5 Å². The number of nitrogens with zero attached hydrogens (tertiary/aromatic N) is 2. The summed E-state index contributed by atoms with van der Waals surface area (Å²) < 4.78 is 0. The van der Waals surface area contributed by atoms with Crippen LogP contribution in [-0.2, 0) is 16.0 Å². The molecule has 2 fully saturated rings. The lowest BCUT2D eigenvalue weighted by Gasteiger charge is -2.27. The van der Waals surface area contributed by atoms with Crippen molar-refractivity contribution in [1.29, 1.82) is 0 Å². The zero-order valence-corrected chi connectivity index (χ0v) is 14.8. The van der Waals surface area contributed by atoms with Gasteiger partial charge < -0.3 is 0 Å². The molecule has 0 amide bonds. The van der Waals surface area contributed by atoms with Crippen molar-refractivity contribution in [3.8, 4) is 11.4 Å². The van der Waals surface area contributed by atoms with Crippen LogP contribution in [0.15, 0.2) is 30.6 Å². The molecule has 5 heteroatoms. The number of aryl methyl sites for hydroxylation is 1. The molecule has 2 atom stereocenters. The molecule has 0 spiro atoms. The summed E-state index contributed by atoms with van der Waals surface area (Å²) in [5, 5.41) is 0.475. The fraction of sp³-hybridized carbons (Fsp3) is 0.400. The Morgan fingerprint density at radius 2 is 1.72 bits per heavy atom. The molecule has 1 aromatic carbocycles. The standard InChI is InChI=1S/C20H19ClN2O2/c1-2-11-3-6-14(20-22-9-15(21)10-23-20)8-16(11)17-18(24)12-4-5-13(7-12)19(17)25/h3,6,8-10,12-13,17H,2,4-5,7H2,1H3. The van der Waals surface area contributed by atoms with Crippen molar-refractivity contribution >= 4 is 23.2 Å². The molecule has 4 rings (SSSR count). The van der Waals surface area contributed by atoms with E-state index in [0.717, 1.165) is 42.4 Å². The molecule has 2 aliphatic rings. The van der Waals surface area contributed by atoms with Crippen LogP contribution in [0.3, 0.4) is 0 Å². The van der Waals surface area contributed by atoms with Gasteiger partial charge in [-0.05, 0) is 42.9 Å². The number of ketones is 2. The predicted molar refractivity (Wildman–Crippen MR) is 95.4 cm³/mol. The van der Waals surface area contributed by atoms with Gasteiger partial charge >= 0.3 is 0 Å². The summed E-state index contributed by atoms with van der Waals surface area (Å²) in [6.07, 6.45) is 6.34. The molecule has 0 N–H and O–H groups in total. The first-order valence-electron chi connectivity index (χ1n) is 8.76. The maximum Gasteiger partial charge on any atom is 0.159 e. The number of carbonyl (C=O) groups is 2. The monoisotopic (exact) mass is 354 g/mol. The van der Waals surface area contributed by atoms with Crippen molar-refractivity contribution < 1.29 is 9.59 Å². The van der Waals surface area contributed by atoms with E-state index in [9.17, 15) is 9.59 Å². The number of hydrogen-bond donors (Lipinski definition) is 0. The molecule has 2 bridgehead atoms. The number of fused-ring (bicyclic) bond motifs is 2. The number of carbonyl (C=O) groups excluding carboxylic acids is 2. The summed E-state index contributed by atoms with van der Waals surface area (Å²) in [7, 11) is 0. The minimum atomic E-state index is -0.617. The van der Waals surface area contributed by atoms with Gasteiger partial charge in [0.1, 0.15) is 5.92 Å². The van der Waals surface area contributed by atoms with E-state index in [-0.39, 0.29) is 23.4 Å². The topological polar surface area (TPSA) is 59.9 Å². The second-order valence-corrected chi connectivity index (χ2v) is 7.37. The van der Waals surface area contributed by atoms with E-state index in [1.54, 1.807) is 12.4 Å². The zero-order valence-electron chi connectivity index (χ0n) is 14.0. The van der Waals surface area contributed by atoms with Crippen LogP contribution >= 0.6 is 11.6 Å². The zero-order chi connectivity index (χ0) is 17.6. The Hall–Kier alpha value is -2.07. The minimum absolute atomic E-state index is 0.0489. The largest absolute Gasteiger partial charge is 0.298 e. The summed E-state index contributed by atoms with van der Waals surface area (Å²) in [5.41, 5.74) is 2.69. The van der Waals surface area contributed by atoms with Gasteiger partial charge in [-0.3, -0.25) is 9.59 Å². The summed E-state index contributed by atoms with van der Waals surface area (Å²) >= 11 is 5.86. The van der Waals surface area contributed by atoms with Gasteiger partial charge in [0.2, 0.25) is 0 Å². The number of hydrogen-bond acceptors (Lipinski definition) is 4. The molecule has 2 saturated carbocycles. The lowest BCUT2D eigenvalue weighted by Crippen LogP contribution is -2.35. The third kappa shape index (κ3) is 2.78. The second kappa shape index (κ2) is 6.34. The van der Waals surface area contributed by atoms with Gasteiger partial charge in [-0.25, -0.2) is 9.97 Å². The van der Waals surface area contributed by atoms with Crippen molar-refractivity contribution in [3.63, 3.8) is 0 Å². The molecule has 4 nitrogen and oxygen atoms in total. The Morgan fingerprint density at radius 3 is 2.32 bits per heavy atom. The number of aromatic nitrogens is 2.